The van der Waals surface area contributed by atoms with Gasteiger partial charge in [0, 0.05) is 56.0 Å². The zero-order chi connectivity index (χ0) is 46.7. The molecule has 4 aromatic rings. The first kappa shape index (κ1) is 49.0. The number of fused-ring (bicyclic) bond motifs is 1. The molecule has 338 valence electrons. The number of benzene rings is 3. The normalized spacial score (nSPS) is 15.7. The van der Waals surface area contributed by atoms with Crippen LogP contribution in [0.15, 0.2) is 71.7 Å². The molecule has 0 aliphatic carbocycles. The van der Waals surface area contributed by atoms with Crippen LogP contribution in [0.4, 0.5) is 5.69 Å². The molecule has 2 unspecified atom stereocenters. The maximum absolute atomic E-state index is 13.4. The molecule has 2 aliphatic heterocycles. The summed E-state index contributed by atoms with van der Waals surface area (Å²) in [6.07, 6.45) is 3.54. The first-order valence-electron chi connectivity index (χ1n) is 21.6. The Kier molecular flexibility index (Phi) is 17.3. The fourth-order valence-corrected chi connectivity index (χ4v) is 8.57. The number of carbonyl (C=O) groups is 5. The van der Waals surface area contributed by atoms with E-state index in [-0.39, 0.29) is 42.3 Å². The Labute approximate surface area is 384 Å². The fourth-order valence-electron chi connectivity index (χ4n) is 7.38. The number of hydrogen-bond donors (Lipinski definition) is 5. The number of unbranched alkanes of at least 4 members (excludes halogenated alkanes) is 2. The van der Waals surface area contributed by atoms with Crippen molar-refractivity contribution in [2.45, 2.75) is 112 Å². The predicted molar refractivity (Wildman–Crippen MR) is 255 cm³/mol. The van der Waals surface area contributed by atoms with Crippen LogP contribution in [0.3, 0.4) is 0 Å². The first-order chi connectivity index (χ1) is 30.5. The smallest absolute Gasteiger partial charge is 0.264 e. The number of thiophene rings is 1. The van der Waals surface area contributed by atoms with Gasteiger partial charge in [0.15, 0.2) is 0 Å². The summed E-state index contributed by atoms with van der Waals surface area (Å²) in [7, 11) is 0. The number of ether oxygens (including phenoxy) is 1. The average molecular weight is 909 g/mol. The Balaban J connectivity index is 0.00000146. The number of piperidine rings is 1. The second-order valence-corrected chi connectivity index (χ2v) is 18.0. The lowest BCUT2D eigenvalue weighted by Gasteiger charge is -2.27. The van der Waals surface area contributed by atoms with Crippen LogP contribution in [0.1, 0.15) is 131 Å². The minimum atomic E-state index is -1.01. The number of nitrogens with zero attached hydrogens (tertiary/aromatic N) is 2. The maximum atomic E-state index is 13.4. The van der Waals surface area contributed by atoms with E-state index in [9.17, 15) is 24.0 Å². The molecule has 0 spiro atoms. The van der Waals surface area contributed by atoms with E-state index in [0.717, 1.165) is 69.1 Å². The molecule has 3 atom stereocenters. The van der Waals surface area contributed by atoms with Crippen LogP contribution in [0.5, 0.6) is 5.75 Å². The average Bonchev–Trinajstić information content (AvgIpc) is 3.67. The van der Waals surface area contributed by atoms with Crippen LogP contribution < -0.4 is 20.7 Å². The molecule has 5 amide bonds. The van der Waals surface area contributed by atoms with Gasteiger partial charge in [-0.15, -0.1) is 11.3 Å². The number of nitrogens with one attached hydrogen (secondary N) is 5. The van der Waals surface area contributed by atoms with Gasteiger partial charge >= 0.3 is 0 Å². The van der Waals surface area contributed by atoms with E-state index in [0.29, 0.717) is 35.3 Å². The van der Waals surface area contributed by atoms with Crippen molar-refractivity contribution in [3.05, 3.63) is 115 Å². The van der Waals surface area contributed by atoms with Crippen molar-refractivity contribution >= 4 is 75.3 Å². The van der Waals surface area contributed by atoms with E-state index in [2.05, 4.69) is 36.7 Å². The third-order valence-corrected chi connectivity index (χ3v) is 12.6. The SMILES string of the molecule is CC(=N)[C@H](CC(=O)NC(C)c1ccc(OCCCCCNc2cccc3c2C(=O)N(C2CCC(=O)NC2=O)C3=O)cc1)N=C(c1ccc(Cl)cc1)c1c(C)sc(C)c1C.CCC(C)=N. The van der Waals surface area contributed by atoms with Crippen molar-refractivity contribution in [2.75, 3.05) is 18.5 Å². The highest BCUT2D eigenvalue weighted by Gasteiger charge is 2.45. The molecule has 0 bridgehead atoms. The van der Waals surface area contributed by atoms with Crippen molar-refractivity contribution in [3.8, 4) is 5.75 Å². The highest BCUT2D eigenvalue weighted by atomic mass is 35.5. The van der Waals surface area contributed by atoms with Crippen molar-refractivity contribution in [1.82, 2.24) is 15.5 Å². The van der Waals surface area contributed by atoms with Gasteiger partial charge in [-0.2, -0.15) is 0 Å². The topological polar surface area (TPSA) is 194 Å². The zero-order valence-corrected chi connectivity index (χ0v) is 39.1. The van der Waals surface area contributed by atoms with E-state index >= 15 is 0 Å². The molecule has 0 saturated carbocycles. The first-order valence-corrected chi connectivity index (χ1v) is 22.8. The lowest BCUT2D eigenvalue weighted by atomic mass is 9.97. The molecule has 3 heterocycles. The minimum Gasteiger partial charge on any atom is -0.494 e. The molecule has 2 aliphatic rings. The van der Waals surface area contributed by atoms with Crippen molar-refractivity contribution in [2.24, 2.45) is 4.99 Å². The molecule has 64 heavy (non-hydrogen) atoms. The molecule has 15 heteroatoms. The number of imide groups is 2. The van der Waals surface area contributed by atoms with Gasteiger partial charge in [-0.1, -0.05) is 48.9 Å². The second kappa shape index (κ2) is 22.6. The number of hydrogen-bond acceptors (Lipinski definition) is 11. The number of amides is 5. The zero-order valence-electron chi connectivity index (χ0n) is 37.6. The summed E-state index contributed by atoms with van der Waals surface area (Å²) in [6.45, 7) is 14.7. The summed E-state index contributed by atoms with van der Waals surface area (Å²) in [5, 5.41) is 24.5. The highest BCUT2D eigenvalue weighted by molar-refractivity contribution is 7.12. The van der Waals surface area contributed by atoms with Crippen LogP contribution in [0.2, 0.25) is 5.02 Å². The Bertz CT molecular complexity index is 2430. The third kappa shape index (κ3) is 12.4. The van der Waals surface area contributed by atoms with E-state index in [1.54, 1.807) is 43.4 Å². The largest absolute Gasteiger partial charge is 0.494 e. The van der Waals surface area contributed by atoms with E-state index in [1.165, 1.54) is 4.88 Å². The molecule has 5 N–H and O–H groups in total. The minimum absolute atomic E-state index is 0.0310. The number of carbonyl (C=O) groups excluding carboxylic acids is 5. The summed E-state index contributed by atoms with van der Waals surface area (Å²) in [5.74, 6) is -1.61. The van der Waals surface area contributed by atoms with Gasteiger partial charge in [0.25, 0.3) is 11.8 Å². The van der Waals surface area contributed by atoms with Gasteiger partial charge in [0.05, 0.1) is 41.9 Å². The molecule has 3 aromatic carbocycles. The van der Waals surface area contributed by atoms with Crippen LogP contribution in [-0.4, -0.2) is 76.8 Å². The monoisotopic (exact) mass is 907 g/mol. The van der Waals surface area contributed by atoms with Crippen LogP contribution in [0, 0.1) is 31.6 Å². The molecule has 13 nitrogen and oxygen atoms in total. The Morgan fingerprint density at radius 2 is 1.64 bits per heavy atom. The number of anilines is 1. The highest BCUT2D eigenvalue weighted by Crippen LogP contribution is 2.33. The molecular formula is C49H58ClN7O6S. The Morgan fingerprint density at radius 1 is 0.953 bits per heavy atom. The second-order valence-electron chi connectivity index (χ2n) is 16.1. The standard InChI is InChI=1S/C45H49ClN6O6S.C4H9N/c1-25-28(4)59-29(5)40(25)42(31-12-16-32(46)17-13-31)50-36(26(2)47)24-39(54)49-27(3)30-14-18-33(19-15-30)58-23-8-6-7-22-48-35-11-9-10-34-41(35)45(57)52(44(34)56)37-20-21-38(53)51-43(37)55;1-3-4(2)5/h9-19,27,36-37,47-48H,6-8,20-24H2,1-5H3,(H,49,54)(H,51,53,55);5H,3H2,1-2H3/t27?,36-,37?;/m0./s1. The number of aliphatic imine (C=N–C) groups is 1. The molecule has 1 aromatic heterocycles. The van der Waals surface area contributed by atoms with Gasteiger partial charge in [-0.3, -0.25) is 39.2 Å². The molecule has 1 fully saturated rings. The quantitative estimate of drug-likeness (QED) is 0.0373. The van der Waals surface area contributed by atoms with E-state index in [4.69, 9.17) is 32.1 Å². The summed E-state index contributed by atoms with van der Waals surface area (Å²) in [6, 6.07) is 18.2. The maximum Gasteiger partial charge on any atom is 0.264 e. The lowest BCUT2D eigenvalue weighted by molar-refractivity contribution is -0.136. The fraction of sp³-hybridized carbons (Fsp3) is 0.388. The summed E-state index contributed by atoms with van der Waals surface area (Å²) >= 11 is 7.91. The Morgan fingerprint density at radius 3 is 2.25 bits per heavy atom. The van der Waals surface area contributed by atoms with Gasteiger partial charge in [0.2, 0.25) is 17.7 Å². The van der Waals surface area contributed by atoms with Gasteiger partial charge < -0.3 is 26.2 Å². The van der Waals surface area contributed by atoms with Gasteiger partial charge in [0.1, 0.15) is 11.8 Å². The molecule has 6 rings (SSSR count). The van der Waals surface area contributed by atoms with Crippen LogP contribution in [-0.2, 0) is 14.4 Å². The van der Waals surface area contributed by atoms with Crippen LogP contribution >= 0.6 is 22.9 Å². The molecule has 0 radical (unpaired) electrons. The van der Waals surface area contributed by atoms with Crippen LogP contribution in [0.25, 0.3) is 0 Å². The van der Waals surface area contributed by atoms with Crippen molar-refractivity contribution < 1.29 is 28.7 Å². The summed E-state index contributed by atoms with van der Waals surface area (Å²) < 4.78 is 5.98. The lowest BCUT2D eigenvalue weighted by Crippen LogP contribution is -2.54. The number of aryl methyl sites for hydroxylation is 2. The van der Waals surface area contributed by atoms with E-state index < -0.39 is 35.7 Å². The van der Waals surface area contributed by atoms with Gasteiger partial charge in [-0.25, -0.2) is 0 Å². The third-order valence-electron chi connectivity index (χ3n) is 11.2. The molecule has 1 saturated heterocycles. The number of halogens is 1. The summed E-state index contributed by atoms with van der Waals surface area (Å²) in [4.78, 5) is 72.1. The Hall–Kier alpha value is -5.99. The number of rotatable bonds is 18. The van der Waals surface area contributed by atoms with Crippen molar-refractivity contribution in [1.29, 1.82) is 10.8 Å². The summed E-state index contributed by atoms with van der Waals surface area (Å²) in [5.41, 5.74) is 6.79. The van der Waals surface area contributed by atoms with Crippen molar-refractivity contribution in [3.63, 3.8) is 0 Å². The van der Waals surface area contributed by atoms with E-state index in [1.807, 2.05) is 62.4 Å². The van der Waals surface area contributed by atoms with Gasteiger partial charge in [-0.05, 0) is 121 Å². The predicted octanol–water partition coefficient (Wildman–Crippen LogP) is 9.34. The molecular weight excluding hydrogens is 850 g/mol.